The average molecular weight is 824 g/mol. The van der Waals surface area contributed by atoms with Crippen molar-refractivity contribution in [2.45, 2.75) is 200 Å². The molecule has 0 aromatic rings. The first kappa shape index (κ1) is 55.0. The van der Waals surface area contributed by atoms with Crippen LogP contribution >= 0.6 is 7.82 Å². The van der Waals surface area contributed by atoms with Crippen molar-refractivity contribution < 1.29 is 37.6 Å². The van der Waals surface area contributed by atoms with Crippen LogP contribution in [0.2, 0.25) is 0 Å². The van der Waals surface area contributed by atoms with Gasteiger partial charge in [0.2, 0.25) is 0 Å². The van der Waals surface area contributed by atoms with Crippen LogP contribution in [0, 0.1) is 0 Å². The van der Waals surface area contributed by atoms with Crippen molar-refractivity contribution >= 4 is 19.8 Å². The lowest BCUT2D eigenvalue weighted by Gasteiger charge is -2.20. The Labute approximate surface area is 350 Å². The summed E-state index contributed by atoms with van der Waals surface area (Å²) in [5.74, 6) is -0.847. The van der Waals surface area contributed by atoms with Crippen molar-refractivity contribution in [2.24, 2.45) is 0 Å². The first-order valence-corrected chi connectivity index (χ1v) is 24.4. The number of allylic oxidation sites excluding steroid dienone is 8. The minimum Gasteiger partial charge on any atom is -0.462 e. The van der Waals surface area contributed by atoms with Crippen molar-refractivity contribution in [2.75, 3.05) is 40.5 Å². The van der Waals surface area contributed by atoms with Gasteiger partial charge in [-0.15, -0.1) is 0 Å². The van der Waals surface area contributed by atoms with Gasteiger partial charge in [0.25, 0.3) is 0 Å². The maximum Gasteiger partial charge on any atom is 0.472 e. The van der Waals surface area contributed by atoms with E-state index in [-0.39, 0.29) is 26.1 Å². The molecule has 0 rings (SSSR count). The number of ether oxygens (including phenoxy) is 2. The van der Waals surface area contributed by atoms with E-state index in [4.69, 9.17) is 18.5 Å². The predicted octanol–water partition coefficient (Wildman–Crippen LogP) is 13.3. The van der Waals surface area contributed by atoms with E-state index in [1.165, 1.54) is 103 Å². The van der Waals surface area contributed by atoms with Gasteiger partial charge < -0.3 is 19.3 Å². The lowest BCUT2D eigenvalue weighted by atomic mass is 10.0. The Morgan fingerprint density at radius 3 is 1.49 bits per heavy atom. The maximum atomic E-state index is 12.7. The SMILES string of the molecule is CC/C=C\C/C=C\C/C=C\C/C=C\CCCCC(=O)OCC(COP(=O)(O)OCCN(C)C)OC(=O)CCCCCCCCCCCCCCCCCCCCC. The molecule has 0 radical (unpaired) electrons. The molecule has 332 valence electrons. The van der Waals surface area contributed by atoms with E-state index in [1.54, 1.807) is 0 Å². The fraction of sp³-hybridized carbons (Fsp3) is 0.787. The Bertz CT molecular complexity index is 1090. The molecule has 0 aliphatic heterocycles. The monoisotopic (exact) mass is 824 g/mol. The molecule has 0 fully saturated rings. The average Bonchev–Trinajstić information content (AvgIpc) is 3.18. The fourth-order valence-electron chi connectivity index (χ4n) is 6.15. The summed E-state index contributed by atoms with van der Waals surface area (Å²) in [5.41, 5.74) is 0. The van der Waals surface area contributed by atoms with Gasteiger partial charge >= 0.3 is 19.8 Å². The molecule has 0 aromatic heterocycles. The van der Waals surface area contributed by atoms with Crippen LogP contribution in [-0.4, -0.2) is 68.3 Å². The Balaban J connectivity index is 4.28. The summed E-state index contributed by atoms with van der Waals surface area (Å²) >= 11 is 0. The standard InChI is InChI=1S/C47H86NO8P/c1-5-7-9-11-13-15-17-19-21-22-23-24-26-28-30-32-34-36-38-40-47(50)56-45(44-55-57(51,52)54-42-41-48(3)4)43-53-46(49)39-37-35-33-31-29-27-25-20-18-16-14-12-10-8-6-2/h8,10,14,16,20,25,29,31,45H,5-7,9,11-13,15,17-19,21-24,26-28,30,32-44H2,1-4H3,(H,51,52)/b10-8-,16-14-,25-20-,31-29-. The minimum atomic E-state index is -4.37. The largest absolute Gasteiger partial charge is 0.472 e. The van der Waals surface area contributed by atoms with Crippen LogP contribution in [0.25, 0.3) is 0 Å². The van der Waals surface area contributed by atoms with Crippen LogP contribution in [0.4, 0.5) is 0 Å². The summed E-state index contributed by atoms with van der Waals surface area (Å²) in [6.45, 7) is 4.18. The van der Waals surface area contributed by atoms with Crippen molar-refractivity contribution in [3.8, 4) is 0 Å². The number of rotatable bonds is 42. The van der Waals surface area contributed by atoms with Gasteiger partial charge in [-0.1, -0.05) is 178 Å². The third kappa shape index (κ3) is 43.4. The molecule has 0 aliphatic carbocycles. The highest BCUT2D eigenvalue weighted by molar-refractivity contribution is 7.47. The second-order valence-corrected chi connectivity index (χ2v) is 17.0. The van der Waals surface area contributed by atoms with Gasteiger partial charge in [-0.05, 0) is 65.5 Å². The quantitative estimate of drug-likeness (QED) is 0.0278. The highest BCUT2D eigenvalue weighted by Crippen LogP contribution is 2.43. The smallest absolute Gasteiger partial charge is 0.462 e. The number of phosphoric ester groups is 1. The second kappa shape index (κ2) is 42.1. The van der Waals surface area contributed by atoms with E-state index in [1.807, 2.05) is 19.0 Å². The van der Waals surface area contributed by atoms with E-state index >= 15 is 0 Å². The number of likely N-dealkylation sites (N-methyl/N-ethyl adjacent to an activating group) is 1. The van der Waals surface area contributed by atoms with Crippen molar-refractivity contribution in [3.63, 3.8) is 0 Å². The molecule has 0 heterocycles. The summed E-state index contributed by atoms with van der Waals surface area (Å²) in [6.07, 6.45) is 47.4. The number of unbranched alkanes of at least 4 members (excludes halogenated alkanes) is 20. The zero-order chi connectivity index (χ0) is 41.9. The second-order valence-electron chi connectivity index (χ2n) is 15.6. The Kier molecular flexibility index (Phi) is 40.6. The van der Waals surface area contributed by atoms with Crippen LogP contribution in [0.5, 0.6) is 0 Å². The molecular formula is C47H86NO8P. The molecule has 0 aromatic carbocycles. The molecule has 0 spiro atoms. The van der Waals surface area contributed by atoms with Crippen LogP contribution < -0.4 is 0 Å². The Morgan fingerprint density at radius 1 is 0.561 bits per heavy atom. The fourth-order valence-corrected chi connectivity index (χ4v) is 6.89. The molecule has 0 amide bonds. The van der Waals surface area contributed by atoms with Gasteiger partial charge in [-0.3, -0.25) is 18.6 Å². The van der Waals surface area contributed by atoms with Gasteiger partial charge in [0.15, 0.2) is 6.10 Å². The summed E-state index contributed by atoms with van der Waals surface area (Å²) in [6, 6.07) is 0. The first-order valence-electron chi connectivity index (χ1n) is 22.9. The third-order valence-corrected chi connectivity index (χ3v) is 10.6. The summed E-state index contributed by atoms with van der Waals surface area (Å²) < 4.78 is 33.5. The third-order valence-electron chi connectivity index (χ3n) is 9.65. The van der Waals surface area contributed by atoms with Gasteiger partial charge in [0.1, 0.15) is 6.61 Å². The molecule has 2 atom stereocenters. The van der Waals surface area contributed by atoms with Crippen molar-refractivity contribution in [1.29, 1.82) is 0 Å². The molecular weight excluding hydrogens is 737 g/mol. The molecule has 0 saturated carbocycles. The number of phosphoric acid groups is 1. The lowest BCUT2D eigenvalue weighted by molar-refractivity contribution is -0.161. The van der Waals surface area contributed by atoms with Crippen LogP contribution in [-0.2, 0) is 32.7 Å². The number of carbonyl (C=O) groups is 2. The highest BCUT2D eigenvalue weighted by atomic mass is 31.2. The highest BCUT2D eigenvalue weighted by Gasteiger charge is 2.26. The van der Waals surface area contributed by atoms with Gasteiger partial charge in [0.05, 0.1) is 13.2 Å². The van der Waals surface area contributed by atoms with E-state index in [0.717, 1.165) is 51.4 Å². The topological polar surface area (TPSA) is 112 Å². The molecule has 1 N–H and O–H groups in total. The predicted molar refractivity (Wildman–Crippen MR) is 238 cm³/mol. The number of carbonyl (C=O) groups excluding carboxylic acids is 2. The molecule has 2 unspecified atom stereocenters. The number of hydrogen-bond acceptors (Lipinski definition) is 8. The molecule has 0 saturated heterocycles. The summed E-state index contributed by atoms with van der Waals surface area (Å²) in [5, 5.41) is 0. The van der Waals surface area contributed by atoms with E-state index in [2.05, 4.69) is 62.5 Å². The Morgan fingerprint density at radius 2 is 1.00 bits per heavy atom. The van der Waals surface area contributed by atoms with Gasteiger partial charge in [-0.25, -0.2) is 4.57 Å². The van der Waals surface area contributed by atoms with Crippen LogP contribution in [0.15, 0.2) is 48.6 Å². The molecule has 0 aliphatic rings. The number of hydrogen-bond donors (Lipinski definition) is 1. The zero-order valence-corrected chi connectivity index (χ0v) is 37.9. The van der Waals surface area contributed by atoms with Crippen molar-refractivity contribution in [3.05, 3.63) is 48.6 Å². The number of esters is 2. The van der Waals surface area contributed by atoms with Crippen LogP contribution in [0.1, 0.15) is 194 Å². The van der Waals surface area contributed by atoms with Gasteiger partial charge in [-0.2, -0.15) is 0 Å². The van der Waals surface area contributed by atoms with Crippen LogP contribution in [0.3, 0.4) is 0 Å². The number of nitrogens with zero attached hydrogens (tertiary/aromatic N) is 1. The normalized spacial score (nSPS) is 13.8. The Hall–Kier alpha value is -2.03. The van der Waals surface area contributed by atoms with Crippen molar-refractivity contribution in [1.82, 2.24) is 4.90 Å². The van der Waals surface area contributed by atoms with E-state index in [9.17, 15) is 19.0 Å². The molecule has 0 bridgehead atoms. The lowest BCUT2D eigenvalue weighted by Crippen LogP contribution is -2.29. The molecule has 9 nitrogen and oxygen atoms in total. The minimum absolute atomic E-state index is 0.000527. The van der Waals surface area contributed by atoms with E-state index < -0.39 is 32.5 Å². The zero-order valence-electron chi connectivity index (χ0n) is 37.0. The summed E-state index contributed by atoms with van der Waals surface area (Å²) in [4.78, 5) is 37.1. The summed E-state index contributed by atoms with van der Waals surface area (Å²) in [7, 11) is -0.729. The maximum absolute atomic E-state index is 12.7. The molecule has 57 heavy (non-hydrogen) atoms. The first-order chi connectivity index (χ1) is 27.7. The molecule has 10 heteroatoms. The van der Waals surface area contributed by atoms with E-state index in [0.29, 0.717) is 19.4 Å². The van der Waals surface area contributed by atoms with Gasteiger partial charge in [0, 0.05) is 19.4 Å².